The van der Waals surface area contributed by atoms with Gasteiger partial charge in [0.05, 0.1) is 11.0 Å². The van der Waals surface area contributed by atoms with Crippen LogP contribution in [0.3, 0.4) is 0 Å². The minimum atomic E-state index is -0.581. The van der Waals surface area contributed by atoms with Crippen molar-refractivity contribution in [2.75, 3.05) is 13.1 Å². The van der Waals surface area contributed by atoms with Gasteiger partial charge in [0.15, 0.2) is 0 Å². The predicted molar refractivity (Wildman–Crippen MR) is 74.1 cm³/mol. The van der Waals surface area contributed by atoms with Crippen molar-refractivity contribution in [3.05, 3.63) is 34.1 Å². The van der Waals surface area contributed by atoms with E-state index in [1.165, 1.54) is 17.0 Å². The largest absolute Gasteiger partial charge is 0.368 e. The van der Waals surface area contributed by atoms with Crippen LogP contribution >= 0.6 is 15.9 Å². The van der Waals surface area contributed by atoms with E-state index < -0.39 is 17.6 Å². The predicted octanol–water partition coefficient (Wildman–Crippen LogP) is 2.32. The molecule has 0 aliphatic heterocycles. The Bertz CT molecular complexity index is 480. The number of nitrogens with two attached hydrogens (primary N) is 1. The number of hydrogen-bond acceptors (Lipinski definition) is 2. The standard InChI is InChI=1S/C13H16BrFN2O2/c1-2-3-6-17(8-12(16)18)13(19)9-4-5-10(14)11(15)7-9/h4-5,7H,2-3,6,8H2,1H3,(H2,16,18). The van der Waals surface area contributed by atoms with E-state index in [9.17, 15) is 14.0 Å². The van der Waals surface area contributed by atoms with Gasteiger partial charge in [0.1, 0.15) is 5.82 Å². The number of carbonyl (C=O) groups is 2. The van der Waals surface area contributed by atoms with Gasteiger partial charge in [-0.15, -0.1) is 0 Å². The number of halogens is 2. The monoisotopic (exact) mass is 330 g/mol. The van der Waals surface area contributed by atoms with Gasteiger partial charge in [-0.25, -0.2) is 4.39 Å². The number of primary amides is 1. The lowest BCUT2D eigenvalue weighted by Gasteiger charge is -2.21. The summed E-state index contributed by atoms with van der Waals surface area (Å²) in [6, 6.07) is 4.12. The number of nitrogens with zero attached hydrogens (tertiary/aromatic N) is 1. The molecule has 6 heteroatoms. The summed E-state index contributed by atoms with van der Waals surface area (Å²) in [6.45, 7) is 2.25. The van der Waals surface area contributed by atoms with E-state index in [4.69, 9.17) is 5.73 Å². The normalized spacial score (nSPS) is 10.3. The topological polar surface area (TPSA) is 63.4 Å². The molecule has 0 aromatic heterocycles. The molecular weight excluding hydrogens is 315 g/mol. The molecule has 19 heavy (non-hydrogen) atoms. The van der Waals surface area contributed by atoms with Gasteiger partial charge in [0.2, 0.25) is 5.91 Å². The fraction of sp³-hybridized carbons (Fsp3) is 0.385. The van der Waals surface area contributed by atoms with E-state index in [0.29, 0.717) is 11.0 Å². The summed E-state index contributed by atoms with van der Waals surface area (Å²) in [7, 11) is 0. The Kier molecular flexibility index (Phi) is 5.95. The van der Waals surface area contributed by atoms with E-state index in [1.54, 1.807) is 0 Å². The number of rotatable bonds is 6. The molecule has 0 atom stereocenters. The lowest BCUT2D eigenvalue weighted by Crippen LogP contribution is -2.39. The Morgan fingerprint density at radius 1 is 1.42 bits per heavy atom. The van der Waals surface area contributed by atoms with Crippen molar-refractivity contribution in [3.63, 3.8) is 0 Å². The van der Waals surface area contributed by atoms with Gasteiger partial charge >= 0.3 is 0 Å². The Morgan fingerprint density at radius 3 is 2.63 bits per heavy atom. The van der Waals surface area contributed by atoms with Crippen LogP contribution < -0.4 is 5.73 Å². The van der Waals surface area contributed by atoms with Crippen LogP contribution in [0.15, 0.2) is 22.7 Å². The third-order valence-electron chi connectivity index (χ3n) is 2.58. The maximum Gasteiger partial charge on any atom is 0.254 e. The first-order valence-electron chi connectivity index (χ1n) is 5.98. The van der Waals surface area contributed by atoms with Crippen LogP contribution in [0.25, 0.3) is 0 Å². The highest BCUT2D eigenvalue weighted by atomic mass is 79.9. The highest BCUT2D eigenvalue weighted by Gasteiger charge is 2.18. The lowest BCUT2D eigenvalue weighted by atomic mass is 10.2. The summed E-state index contributed by atoms with van der Waals surface area (Å²) in [5, 5.41) is 0. The summed E-state index contributed by atoms with van der Waals surface area (Å²) in [6.07, 6.45) is 1.65. The maximum absolute atomic E-state index is 13.4. The van der Waals surface area contributed by atoms with Gasteiger partial charge in [-0.1, -0.05) is 13.3 Å². The summed E-state index contributed by atoms with van der Waals surface area (Å²) < 4.78 is 13.7. The van der Waals surface area contributed by atoms with Crippen molar-refractivity contribution in [1.82, 2.24) is 4.90 Å². The number of hydrogen-bond donors (Lipinski definition) is 1. The molecule has 0 radical (unpaired) electrons. The van der Waals surface area contributed by atoms with Gasteiger partial charge in [-0.05, 0) is 40.5 Å². The number of carbonyl (C=O) groups excluding carboxylic acids is 2. The van der Waals surface area contributed by atoms with E-state index in [1.807, 2.05) is 6.92 Å². The lowest BCUT2D eigenvalue weighted by molar-refractivity contribution is -0.118. The van der Waals surface area contributed by atoms with Gasteiger partial charge in [0, 0.05) is 12.1 Å². The van der Waals surface area contributed by atoms with Crippen LogP contribution in [0.1, 0.15) is 30.1 Å². The average molecular weight is 331 g/mol. The second-order valence-corrected chi connectivity index (χ2v) is 5.03. The zero-order chi connectivity index (χ0) is 14.4. The maximum atomic E-state index is 13.4. The number of unbranched alkanes of at least 4 members (excludes halogenated alkanes) is 1. The third-order valence-corrected chi connectivity index (χ3v) is 3.23. The first kappa shape index (κ1) is 15.6. The minimum absolute atomic E-state index is 0.156. The van der Waals surface area contributed by atoms with Crippen LogP contribution in [0.2, 0.25) is 0 Å². The third kappa shape index (κ3) is 4.63. The molecule has 4 nitrogen and oxygen atoms in total. The first-order valence-corrected chi connectivity index (χ1v) is 6.77. The minimum Gasteiger partial charge on any atom is -0.368 e. The Morgan fingerprint density at radius 2 is 2.11 bits per heavy atom. The molecule has 0 unspecified atom stereocenters. The molecule has 0 saturated heterocycles. The van der Waals surface area contributed by atoms with Crippen molar-refractivity contribution < 1.29 is 14.0 Å². The van der Waals surface area contributed by atoms with Crippen LogP contribution in [0.5, 0.6) is 0 Å². The van der Waals surface area contributed by atoms with Crippen LogP contribution in [-0.4, -0.2) is 29.8 Å². The molecule has 0 bridgehead atoms. The molecule has 1 aromatic rings. The van der Waals surface area contributed by atoms with Crippen LogP contribution in [0, 0.1) is 5.82 Å². The molecule has 0 aliphatic rings. The molecule has 0 spiro atoms. The summed E-state index contributed by atoms with van der Waals surface area (Å²) >= 11 is 3.02. The summed E-state index contributed by atoms with van der Waals surface area (Å²) in [5.74, 6) is -1.49. The Labute approximate surface area is 119 Å². The quantitative estimate of drug-likeness (QED) is 0.869. The molecular formula is C13H16BrFN2O2. The molecule has 0 fully saturated rings. The highest BCUT2D eigenvalue weighted by Crippen LogP contribution is 2.17. The van der Waals surface area contributed by atoms with Crippen LogP contribution in [0.4, 0.5) is 4.39 Å². The summed E-state index contributed by atoms with van der Waals surface area (Å²) in [5.41, 5.74) is 5.33. The smallest absolute Gasteiger partial charge is 0.254 e. The first-order chi connectivity index (χ1) is 8.95. The van der Waals surface area contributed by atoms with Crippen LogP contribution in [-0.2, 0) is 4.79 Å². The molecule has 2 N–H and O–H groups in total. The molecule has 1 rings (SSSR count). The zero-order valence-electron chi connectivity index (χ0n) is 10.7. The van der Waals surface area contributed by atoms with Crippen molar-refractivity contribution >= 4 is 27.7 Å². The molecule has 0 heterocycles. The molecule has 104 valence electrons. The Hall–Kier alpha value is -1.43. The van der Waals surface area contributed by atoms with Gasteiger partial charge < -0.3 is 10.6 Å². The van der Waals surface area contributed by atoms with E-state index in [-0.39, 0.29) is 12.1 Å². The van der Waals surface area contributed by atoms with Gasteiger partial charge in [-0.2, -0.15) is 0 Å². The Balaban J connectivity index is 2.90. The SMILES string of the molecule is CCCCN(CC(N)=O)C(=O)c1ccc(Br)c(F)c1. The number of benzene rings is 1. The van der Waals surface area contributed by atoms with Crippen molar-refractivity contribution in [2.45, 2.75) is 19.8 Å². The molecule has 0 aliphatic carbocycles. The average Bonchev–Trinajstić information content (AvgIpc) is 2.36. The molecule has 1 aromatic carbocycles. The fourth-order valence-electron chi connectivity index (χ4n) is 1.60. The fourth-order valence-corrected chi connectivity index (χ4v) is 1.85. The van der Waals surface area contributed by atoms with Crippen molar-refractivity contribution in [1.29, 1.82) is 0 Å². The number of amides is 2. The molecule has 2 amide bonds. The van der Waals surface area contributed by atoms with Crippen molar-refractivity contribution in [2.24, 2.45) is 5.73 Å². The zero-order valence-corrected chi connectivity index (χ0v) is 12.2. The highest BCUT2D eigenvalue weighted by molar-refractivity contribution is 9.10. The van der Waals surface area contributed by atoms with E-state index in [2.05, 4.69) is 15.9 Å². The van der Waals surface area contributed by atoms with Gasteiger partial charge in [-0.3, -0.25) is 9.59 Å². The van der Waals surface area contributed by atoms with E-state index in [0.717, 1.165) is 18.9 Å². The molecule has 0 saturated carbocycles. The summed E-state index contributed by atoms with van der Waals surface area (Å²) in [4.78, 5) is 24.5. The van der Waals surface area contributed by atoms with E-state index >= 15 is 0 Å². The second kappa shape index (κ2) is 7.23. The van der Waals surface area contributed by atoms with Gasteiger partial charge in [0.25, 0.3) is 5.91 Å². The van der Waals surface area contributed by atoms with Crippen molar-refractivity contribution in [3.8, 4) is 0 Å². The second-order valence-electron chi connectivity index (χ2n) is 4.18.